The zero-order chi connectivity index (χ0) is 25.0. The Labute approximate surface area is 192 Å². The van der Waals surface area contributed by atoms with Gasteiger partial charge in [-0.1, -0.05) is 12.1 Å². The van der Waals surface area contributed by atoms with Crippen molar-refractivity contribution in [1.82, 2.24) is 4.98 Å². The second-order valence-corrected chi connectivity index (χ2v) is 10.6. The first kappa shape index (κ1) is 26.7. The summed E-state index contributed by atoms with van der Waals surface area (Å²) in [6.45, 7) is 1.27. The molecular formula is C19H23F3N4O5S2. The fourth-order valence-corrected chi connectivity index (χ4v) is 5.11. The number of carbonyl (C=O) groups excluding carboxylic acids is 1. The van der Waals surface area contributed by atoms with E-state index in [-0.39, 0.29) is 12.1 Å². The lowest BCUT2D eigenvalue weighted by molar-refractivity contribution is -0.267. The number of alkyl halides is 3. The van der Waals surface area contributed by atoms with E-state index >= 15 is 0 Å². The smallest absolute Gasteiger partial charge is 0.421 e. The quantitative estimate of drug-likeness (QED) is 0.384. The lowest BCUT2D eigenvalue weighted by Crippen LogP contribution is -2.44. The van der Waals surface area contributed by atoms with Gasteiger partial charge in [-0.15, -0.1) is 11.3 Å². The molecule has 0 saturated carbocycles. The summed E-state index contributed by atoms with van der Waals surface area (Å²) in [5, 5.41) is 21.2. The van der Waals surface area contributed by atoms with Gasteiger partial charge in [0.15, 0.2) is 10.7 Å². The van der Waals surface area contributed by atoms with Gasteiger partial charge in [0.05, 0.1) is 5.69 Å². The largest absolute Gasteiger partial charge is 0.480 e. The summed E-state index contributed by atoms with van der Waals surface area (Å²) < 4.78 is 61.6. The first-order valence-electron chi connectivity index (χ1n) is 9.50. The minimum atomic E-state index is -5.16. The number of nitrogens with two attached hydrogens (primary N) is 1. The number of aliphatic carboxylic acids is 1. The van der Waals surface area contributed by atoms with Crippen molar-refractivity contribution in [2.24, 2.45) is 5.73 Å². The van der Waals surface area contributed by atoms with Crippen molar-refractivity contribution in [1.29, 1.82) is 4.78 Å². The van der Waals surface area contributed by atoms with E-state index in [0.29, 0.717) is 5.13 Å². The number of anilines is 2. The second kappa shape index (κ2) is 10.2. The zero-order valence-electron chi connectivity index (χ0n) is 17.4. The number of amides is 1. The number of hydrogen-bond donors (Lipinski definition) is 4. The third-order valence-electron chi connectivity index (χ3n) is 4.87. The molecular weight excluding hydrogens is 485 g/mol. The summed E-state index contributed by atoms with van der Waals surface area (Å²) in [5.74, 6) is -3.14. The molecule has 33 heavy (non-hydrogen) atoms. The number of nitrogens with one attached hydrogen (secondary N) is 1. The highest BCUT2D eigenvalue weighted by Gasteiger charge is 2.54. The highest BCUT2D eigenvalue weighted by Crippen LogP contribution is 2.42. The van der Waals surface area contributed by atoms with Gasteiger partial charge >= 0.3 is 12.1 Å². The molecule has 0 saturated heterocycles. The molecule has 2 aromatic rings. The van der Waals surface area contributed by atoms with Gasteiger partial charge in [0.2, 0.25) is 5.91 Å². The number of benzene rings is 1. The molecule has 0 aliphatic heterocycles. The van der Waals surface area contributed by atoms with Gasteiger partial charge in [-0.3, -0.25) is 19.3 Å². The first-order chi connectivity index (χ1) is 15.2. The molecule has 9 nitrogen and oxygen atoms in total. The number of thiazole rings is 1. The summed E-state index contributed by atoms with van der Waals surface area (Å²) in [4.78, 5) is 28.0. The number of aromatic nitrogens is 1. The number of carboxylic acids is 1. The fourth-order valence-electron chi connectivity index (χ4n) is 2.94. The normalized spacial score (nSPS) is 16.4. The van der Waals surface area contributed by atoms with Crippen LogP contribution in [-0.2, 0) is 24.9 Å². The van der Waals surface area contributed by atoms with Crippen molar-refractivity contribution in [2.45, 2.75) is 37.6 Å². The summed E-state index contributed by atoms with van der Waals surface area (Å²) in [7, 11) is -3.64. The fraction of sp³-hybridized carbons (Fsp3) is 0.421. The molecule has 1 aromatic heterocycles. The predicted octanol–water partition coefficient (Wildman–Crippen LogP) is 2.82. The molecule has 1 amide bonds. The van der Waals surface area contributed by atoms with E-state index in [9.17, 15) is 32.1 Å². The van der Waals surface area contributed by atoms with Crippen LogP contribution in [-0.4, -0.2) is 55.0 Å². The Kier molecular flexibility index (Phi) is 8.22. The van der Waals surface area contributed by atoms with Crippen LogP contribution in [0.1, 0.15) is 25.3 Å². The molecule has 3 atom stereocenters. The number of rotatable bonds is 10. The van der Waals surface area contributed by atoms with E-state index in [1.165, 1.54) is 30.2 Å². The SMILES string of the molecule is CC(=O)N(c1ccc(C(O)(CCS(=N)(=O)CC[C@H](N)C(=O)O)C(F)(F)F)cc1)c1nccs1. The van der Waals surface area contributed by atoms with E-state index in [0.717, 1.165) is 23.5 Å². The van der Waals surface area contributed by atoms with Gasteiger partial charge in [-0.2, -0.15) is 13.2 Å². The van der Waals surface area contributed by atoms with E-state index < -0.39 is 62.9 Å². The molecule has 0 bridgehead atoms. The van der Waals surface area contributed by atoms with Gasteiger partial charge in [0, 0.05) is 46.2 Å². The summed E-state index contributed by atoms with van der Waals surface area (Å²) in [6.07, 6.45) is -5.12. The van der Waals surface area contributed by atoms with E-state index in [4.69, 9.17) is 15.6 Å². The molecule has 0 spiro atoms. The predicted molar refractivity (Wildman–Crippen MR) is 117 cm³/mol. The molecule has 0 radical (unpaired) electrons. The van der Waals surface area contributed by atoms with Crippen LogP contribution in [0.25, 0.3) is 0 Å². The molecule has 0 aliphatic carbocycles. The summed E-state index contributed by atoms with van der Waals surface area (Å²) in [6, 6.07) is 3.04. The Hall–Kier alpha value is -2.55. The van der Waals surface area contributed by atoms with Crippen molar-refractivity contribution in [2.75, 3.05) is 16.4 Å². The highest BCUT2D eigenvalue weighted by molar-refractivity contribution is 7.92. The Morgan fingerprint density at radius 3 is 2.33 bits per heavy atom. The lowest BCUT2D eigenvalue weighted by Gasteiger charge is -2.31. The molecule has 2 rings (SSSR count). The van der Waals surface area contributed by atoms with Crippen LogP contribution >= 0.6 is 11.3 Å². The van der Waals surface area contributed by atoms with E-state index in [1.54, 1.807) is 5.38 Å². The Morgan fingerprint density at radius 1 is 1.27 bits per heavy atom. The van der Waals surface area contributed by atoms with Crippen molar-refractivity contribution in [3.05, 3.63) is 41.4 Å². The maximum atomic E-state index is 13.8. The maximum absolute atomic E-state index is 13.8. The van der Waals surface area contributed by atoms with Crippen molar-refractivity contribution < 1.29 is 37.2 Å². The zero-order valence-corrected chi connectivity index (χ0v) is 19.0. The van der Waals surface area contributed by atoms with Crippen LogP contribution in [0.4, 0.5) is 24.0 Å². The molecule has 182 valence electrons. The minimum Gasteiger partial charge on any atom is -0.480 e. The van der Waals surface area contributed by atoms with Crippen LogP contribution in [0.15, 0.2) is 35.8 Å². The summed E-state index contributed by atoms with van der Waals surface area (Å²) in [5.41, 5.74) is 1.56. The number of halogens is 3. The average Bonchev–Trinajstić information content (AvgIpc) is 3.24. The molecule has 1 aromatic carbocycles. The van der Waals surface area contributed by atoms with Crippen LogP contribution in [0, 0.1) is 4.78 Å². The van der Waals surface area contributed by atoms with E-state index in [2.05, 4.69) is 4.98 Å². The molecule has 0 aliphatic rings. The second-order valence-electron chi connectivity index (χ2n) is 7.28. The van der Waals surface area contributed by atoms with Gasteiger partial charge in [0.1, 0.15) is 6.04 Å². The number of nitrogens with zero attached hydrogens (tertiary/aromatic N) is 2. The molecule has 2 unspecified atom stereocenters. The lowest BCUT2D eigenvalue weighted by atomic mass is 9.90. The molecule has 5 N–H and O–H groups in total. The van der Waals surface area contributed by atoms with Gasteiger partial charge in [0.25, 0.3) is 0 Å². The average molecular weight is 509 g/mol. The van der Waals surface area contributed by atoms with Crippen LogP contribution < -0.4 is 10.6 Å². The van der Waals surface area contributed by atoms with Gasteiger partial charge < -0.3 is 15.9 Å². The number of carbonyl (C=O) groups is 2. The third kappa shape index (κ3) is 6.50. The topological polar surface area (TPSA) is 158 Å². The van der Waals surface area contributed by atoms with Crippen LogP contribution in [0.5, 0.6) is 0 Å². The standard InChI is InChI=1S/C19H23F3N4O5S2/c1-12(27)26(17-25-8-9-32-17)14-4-2-13(3-5-14)18(30,19(20,21)22)7-11-33(24,31)10-6-15(23)16(28)29/h2-5,8-9,15,24,30H,6-7,10-11,23H2,1H3,(H,28,29)/t15-,18?,33?/m0/s1. The third-order valence-corrected chi connectivity index (χ3v) is 7.38. The molecule has 0 fully saturated rings. The van der Waals surface area contributed by atoms with Crippen molar-refractivity contribution >= 4 is 43.8 Å². The first-order valence-corrected chi connectivity index (χ1v) is 12.3. The summed E-state index contributed by atoms with van der Waals surface area (Å²) >= 11 is 1.15. The van der Waals surface area contributed by atoms with Gasteiger partial charge in [-0.05, 0) is 24.1 Å². The molecule has 1 heterocycles. The van der Waals surface area contributed by atoms with Crippen LogP contribution in [0.3, 0.4) is 0 Å². The van der Waals surface area contributed by atoms with Crippen molar-refractivity contribution in [3.8, 4) is 0 Å². The number of carboxylic acid groups (broad SMARTS) is 1. The Morgan fingerprint density at radius 2 is 1.88 bits per heavy atom. The Bertz CT molecular complexity index is 1080. The molecule has 14 heteroatoms. The van der Waals surface area contributed by atoms with Gasteiger partial charge in [-0.25, -0.2) is 9.19 Å². The number of hydrogen-bond acceptors (Lipinski definition) is 8. The minimum absolute atomic E-state index is 0.234. The monoisotopic (exact) mass is 508 g/mol. The van der Waals surface area contributed by atoms with Crippen molar-refractivity contribution in [3.63, 3.8) is 0 Å². The van der Waals surface area contributed by atoms with E-state index in [1.807, 2.05) is 0 Å². The maximum Gasteiger partial charge on any atom is 0.421 e. The van der Waals surface area contributed by atoms with Crippen LogP contribution in [0.2, 0.25) is 0 Å². The number of aliphatic hydroxyl groups is 1. The Balaban J connectivity index is 2.27. The highest BCUT2D eigenvalue weighted by atomic mass is 32.2.